The van der Waals surface area contributed by atoms with Gasteiger partial charge in [0.25, 0.3) is 0 Å². The highest BCUT2D eigenvalue weighted by atomic mass is 19.4. The van der Waals surface area contributed by atoms with Crippen LogP contribution in [0.3, 0.4) is 0 Å². The number of methoxy groups -OCH3 is 1. The van der Waals surface area contributed by atoms with E-state index in [4.69, 9.17) is 4.74 Å². The minimum atomic E-state index is -4.94. The van der Waals surface area contributed by atoms with E-state index in [-0.39, 0.29) is 11.8 Å². The molecule has 0 atom stereocenters. The van der Waals surface area contributed by atoms with E-state index >= 15 is 0 Å². The van der Waals surface area contributed by atoms with E-state index < -0.39 is 29.2 Å². The molecule has 2 aromatic rings. The number of azo groups is 1. The smallest absolute Gasteiger partial charge is 0.416 e. The predicted octanol–water partition coefficient (Wildman–Crippen LogP) is 6.77. The van der Waals surface area contributed by atoms with Gasteiger partial charge in [-0.15, -0.1) is 5.11 Å². The Labute approximate surface area is 145 Å². The van der Waals surface area contributed by atoms with Crippen molar-refractivity contribution in [1.82, 2.24) is 0 Å². The Morgan fingerprint density at radius 1 is 0.769 bits per heavy atom. The highest BCUT2D eigenvalue weighted by molar-refractivity contribution is 5.58. The lowest BCUT2D eigenvalue weighted by Crippen LogP contribution is -2.10. The first-order valence-corrected chi connectivity index (χ1v) is 7.28. The molecule has 2 aromatic carbocycles. The Morgan fingerprint density at radius 3 is 1.77 bits per heavy atom. The van der Waals surface area contributed by atoms with E-state index in [9.17, 15) is 26.3 Å². The van der Waals surface area contributed by atoms with Gasteiger partial charge in [0.1, 0.15) is 11.4 Å². The molecule has 0 saturated carbocycles. The molecule has 0 aliphatic carbocycles. The van der Waals surface area contributed by atoms with Gasteiger partial charge in [0, 0.05) is 0 Å². The fourth-order valence-electron chi connectivity index (χ4n) is 2.38. The first kappa shape index (κ1) is 19.7. The zero-order valence-corrected chi connectivity index (χ0v) is 14.0. The molecule has 0 fully saturated rings. The summed E-state index contributed by atoms with van der Waals surface area (Å²) in [5.74, 6) is 0.336. The second kappa shape index (κ2) is 6.97. The van der Waals surface area contributed by atoms with Crippen molar-refractivity contribution in [3.8, 4) is 5.75 Å². The molecule has 3 nitrogen and oxygen atoms in total. The van der Waals surface area contributed by atoms with Crippen molar-refractivity contribution < 1.29 is 31.1 Å². The molecule has 0 aliphatic heterocycles. The standard InChI is InChI=1S/C17H14F6N2O/c1-9-4-10(2)15(26-3)14(5-9)25-24-13-7-11(16(18,19)20)6-12(8-13)17(21,22)23/h4-8H,1-3H3. The maximum atomic E-state index is 12.9. The van der Waals surface area contributed by atoms with Gasteiger partial charge in [-0.2, -0.15) is 31.5 Å². The van der Waals surface area contributed by atoms with E-state index in [0.29, 0.717) is 23.4 Å². The van der Waals surface area contributed by atoms with Gasteiger partial charge in [-0.3, -0.25) is 0 Å². The van der Waals surface area contributed by atoms with E-state index in [2.05, 4.69) is 10.2 Å². The van der Waals surface area contributed by atoms with Crippen LogP contribution in [0, 0.1) is 13.8 Å². The third-order valence-electron chi connectivity index (χ3n) is 3.45. The van der Waals surface area contributed by atoms with Gasteiger partial charge < -0.3 is 4.74 Å². The Balaban J connectivity index is 2.54. The van der Waals surface area contributed by atoms with E-state index in [1.807, 2.05) is 0 Å². The summed E-state index contributed by atoms with van der Waals surface area (Å²) in [6, 6.07) is 4.41. The SMILES string of the molecule is COc1c(C)cc(C)cc1N=Nc1cc(C(F)(F)F)cc(C(F)(F)F)c1. The van der Waals surface area contributed by atoms with Gasteiger partial charge in [0.2, 0.25) is 0 Å². The van der Waals surface area contributed by atoms with Crippen LogP contribution in [0.1, 0.15) is 22.3 Å². The zero-order valence-electron chi connectivity index (χ0n) is 14.0. The first-order valence-electron chi connectivity index (χ1n) is 7.28. The second-order valence-electron chi connectivity index (χ2n) is 5.60. The predicted molar refractivity (Wildman–Crippen MR) is 83.1 cm³/mol. The fraction of sp³-hybridized carbons (Fsp3) is 0.294. The van der Waals surface area contributed by atoms with Crippen LogP contribution in [0.4, 0.5) is 37.7 Å². The summed E-state index contributed by atoms with van der Waals surface area (Å²) in [6.07, 6.45) is -9.88. The summed E-state index contributed by atoms with van der Waals surface area (Å²) in [6.45, 7) is 3.49. The van der Waals surface area contributed by atoms with Gasteiger partial charge in [-0.05, 0) is 49.2 Å². The number of aryl methyl sites for hydroxylation is 2. The summed E-state index contributed by atoms with van der Waals surface area (Å²) >= 11 is 0. The van der Waals surface area contributed by atoms with Crippen molar-refractivity contribution in [1.29, 1.82) is 0 Å². The number of benzene rings is 2. The number of halogens is 6. The molecule has 0 unspecified atom stereocenters. The summed E-state index contributed by atoms with van der Waals surface area (Å²) < 4.78 is 82.3. The second-order valence-corrected chi connectivity index (χ2v) is 5.60. The zero-order chi connectivity index (χ0) is 19.7. The van der Waals surface area contributed by atoms with E-state index in [1.165, 1.54) is 7.11 Å². The minimum Gasteiger partial charge on any atom is -0.494 e. The molecule has 0 bridgehead atoms. The topological polar surface area (TPSA) is 34.0 Å². The fourth-order valence-corrected chi connectivity index (χ4v) is 2.38. The molecular formula is C17H14F6N2O. The molecule has 9 heteroatoms. The molecule has 0 heterocycles. The molecule has 0 aliphatic rings. The first-order chi connectivity index (χ1) is 11.9. The molecule has 0 spiro atoms. The van der Waals surface area contributed by atoms with Gasteiger partial charge in [-0.25, -0.2) is 0 Å². The van der Waals surface area contributed by atoms with Gasteiger partial charge >= 0.3 is 12.4 Å². The summed E-state index contributed by atoms with van der Waals surface area (Å²) in [5.41, 5.74) is -1.76. The lowest BCUT2D eigenvalue weighted by Gasteiger charge is -2.12. The van der Waals surface area contributed by atoms with Crippen LogP contribution in [0.15, 0.2) is 40.6 Å². The molecule has 0 radical (unpaired) electrons. The van der Waals surface area contributed by atoms with Crippen molar-refractivity contribution in [3.05, 3.63) is 52.6 Å². The summed E-state index contributed by atoms with van der Waals surface area (Å²) in [5, 5.41) is 7.34. The van der Waals surface area contributed by atoms with Crippen molar-refractivity contribution in [3.63, 3.8) is 0 Å². The molecular weight excluding hydrogens is 362 g/mol. The maximum absolute atomic E-state index is 12.9. The van der Waals surface area contributed by atoms with E-state index in [0.717, 1.165) is 5.56 Å². The van der Waals surface area contributed by atoms with Crippen LogP contribution in [0.2, 0.25) is 0 Å². The molecule has 0 amide bonds. The number of hydrogen-bond donors (Lipinski definition) is 0. The Bertz CT molecular complexity index is 808. The van der Waals surface area contributed by atoms with Crippen molar-refractivity contribution >= 4 is 11.4 Å². The van der Waals surface area contributed by atoms with Crippen molar-refractivity contribution in [2.45, 2.75) is 26.2 Å². The lowest BCUT2D eigenvalue weighted by molar-refractivity contribution is -0.143. The number of hydrogen-bond acceptors (Lipinski definition) is 3. The number of ether oxygens (including phenoxy) is 1. The van der Waals surface area contributed by atoms with Crippen molar-refractivity contribution in [2.24, 2.45) is 10.2 Å². The van der Waals surface area contributed by atoms with E-state index in [1.54, 1.807) is 26.0 Å². The highest BCUT2D eigenvalue weighted by Gasteiger charge is 2.37. The average molecular weight is 376 g/mol. The quantitative estimate of drug-likeness (QED) is 0.430. The third-order valence-corrected chi connectivity index (χ3v) is 3.45. The van der Waals surface area contributed by atoms with Gasteiger partial charge in [-0.1, -0.05) is 6.07 Å². The monoisotopic (exact) mass is 376 g/mol. The van der Waals surface area contributed by atoms with Crippen LogP contribution in [0.5, 0.6) is 5.75 Å². The Kier molecular flexibility index (Phi) is 5.29. The lowest BCUT2D eigenvalue weighted by atomic mass is 10.1. The normalized spacial score (nSPS) is 12.7. The molecule has 0 saturated heterocycles. The largest absolute Gasteiger partial charge is 0.494 e. The minimum absolute atomic E-state index is 0.0381. The number of nitrogens with zero attached hydrogens (tertiary/aromatic N) is 2. The number of rotatable bonds is 3. The van der Waals surface area contributed by atoms with Crippen LogP contribution >= 0.6 is 0 Å². The van der Waals surface area contributed by atoms with Crippen molar-refractivity contribution in [2.75, 3.05) is 7.11 Å². The van der Waals surface area contributed by atoms with Crippen LogP contribution in [0.25, 0.3) is 0 Å². The van der Waals surface area contributed by atoms with Gasteiger partial charge in [0.15, 0.2) is 0 Å². The number of alkyl halides is 6. The molecule has 2 rings (SSSR count). The Hall–Kier alpha value is -2.58. The van der Waals surface area contributed by atoms with Gasteiger partial charge in [0.05, 0.1) is 23.9 Å². The molecule has 0 aromatic heterocycles. The highest BCUT2D eigenvalue weighted by Crippen LogP contribution is 2.39. The van der Waals surface area contributed by atoms with Crippen LogP contribution in [-0.2, 0) is 12.4 Å². The molecule has 26 heavy (non-hydrogen) atoms. The van der Waals surface area contributed by atoms with Crippen LogP contribution < -0.4 is 4.74 Å². The molecule has 140 valence electrons. The molecule has 0 N–H and O–H groups in total. The third kappa shape index (κ3) is 4.53. The maximum Gasteiger partial charge on any atom is 0.416 e. The Morgan fingerprint density at radius 2 is 1.31 bits per heavy atom. The summed E-state index contributed by atoms with van der Waals surface area (Å²) in [7, 11) is 1.38. The average Bonchev–Trinajstić information content (AvgIpc) is 2.50. The summed E-state index contributed by atoms with van der Waals surface area (Å²) in [4.78, 5) is 0. The van der Waals surface area contributed by atoms with Crippen LogP contribution in [-0.4, -0.2) is 7.11 Å².